The van der Waals surface area contributed by atoms with Crippen molar-refractivity contribution in [2.75, 3.05) is 11.4 Å². The van der Waals surface area contributed by atoms with Crippen LogP contribution in [0.25, 0.3) is 0 Å². The Hall–Kier alpha value is -1.31. The molecule has 1 aromatic carbocycles. The second-order valence-electron chi connectivity index (χ2n) is 6.81. The molecule has 1 amide bonds. The Kier molecular flexibility index (Phi) is 2.92. The van der Waals surface area contributed by atoms with E-state index < -0.39 is 0 Å². The highest BCUT2D eigenvalue weighted by Crippen LogP contribution is 2.55. The van der Waals surface area contributed by atoms with E-state index >= 15 is 0 Å². The quantitative estimate of drug-likeness (QED) is 0.789. The molecule has 1 aliphatic carbocycles. The van der Waals surface area contributed by atoms with Crippen molar-refractivity contribution >= 4 is 11.6 Å². The summed E-state index contributed by atoms with van der Waals surface area (Å²) >= 11 is 0. The molecular weight excluding hydrogens is 234 g/mol. The Bertz CT molecular complexity index is 484. The van der Waals surface area contributed by atoms with E-state index in [1.54, 1.807) is 0 Å². The van der Waals surface area contributed by atoms with Crippen LogP contribution in [0.5, 0.6) is 0 Å². The zero-order valence-corrected chi connectivity index (χ0v) is 12.1. The van der Waals surface area contributed by atoms with Gasteiger partial charge in [-0.25, -0.2) is 0 Å². The monoisotopic (exact) mass is 257 g/mol. The summed E-state index contributed by atoms with van der Waals surface area (Å²) in [4.78, 5) is 14.7. The number of carbonyl (C=O) groups is 1. The number of anilines is 1. The molecule has 1 saturated carbocycles. The summed E-state index contributed by atoms with van der Waals surface area (Å²) in [6.45, 7) is 7.37. The Balaban J connectivity index is 1.90. The van der Waals surface area contributed by atoms with E-state index in [1.165, 1.54) is 18.4 Å². The molecule has 1 unspecified atom stereocenters. The number of piperidine rings is 1. The number of hydrogen-bond acceptors (Lipinski definition) is 1. The summed E-state index contributed by atoms with van der Waals surface area (Å²) in [6, 6.07) is 8.38. The second kappa shape index (κ2) is 4.36. The van der Waals surface area contributed by atoms with Gasteiger partial charge in [0.25, 0.3) is 0 Å². The maximum atomic E-state index is 12.7. The first kappa shape index (κ1) is 12.7. The highest BCUT2D eigenvalue weighted by molar-refractivity contribution is 5.96. The van der Waals surface area contributed by atoms with Crippen LogP contribution in [0.2, 0.25) is 0 Å². The lowest BCUT2D eigenvalue weighted by molar-refractivity contribution is -0.126. The highest BCUT2D eigenvalue weighted by atomic mass is 16.2. The van der Waals surface area contributed by atoms with Crippen LogP contribution in [0, 0.1) is 24.2 Å². The largest absolute Gasteiger partial charge is 0.312 e. The van der Waals surface area contributed by atoms with Gasteiger partial charge in [0, 0.05) is 18.2 Å². The fourth-order valence-corrected chi connectivity index (χ4v) is 3.23. The van der Waals surface area contributed by atoms with Gasteiger partial charge >= 0.3 is 0 Å². The van der Waals surface area contributed by atoms with Crippen LogP contribution in [0.15, 0.2) is 24.3 Å². The van der Waals surface area contributed by atoms with Gasteiger partial charge in [0.2, 0.25) is 5.91 Å². The molecule has 3 rings (SSSR count). The van der Waals surface area contributed by atoms with Crippen molar-refractivity contribution in [3.8, 4) is 0 Å². The van der Waals surface area contributed by atoms with Gasteiger partial charge in [-0.2, -0.15) is 0 Å². The van der Waals surface area contributed by atoms with Crippen LogP contribution >= 0.6 is 0 Å². The Morgan fingerprint density at radius 3 is 2.37 bits per heavy atom. The molecule has 2 fully saturated rings. The number of nitrogens with zero attached hydrogens (tertiary/aromatic N) is 1. The average Bonchev–Trinajstić information content (AvgIpc) is 3.13. The molecular formula is C17H23NO. The fraction of sp³-hybridized carbons (Fsp3) is 0.588. The lowest BCUT2D eigenvalue weighted by atomic mass is 9.79. The summed E-state index contributed by atoms with van der Waals surface area (Å²) in [6.07, 6.45) is 3.70. The third-order valence-corrected chi connectivity index (χ3v) is 4.84. The lowest BCUT2D eigenvalue weighted by Crippen LogP contribution is -2.48. The van der Waals surface area contributed by atoms with Crippen molar-refractivity contribution in [1.82, 2.24) is 0 Å². The number of amides is 1. The van der Waals surface area contributed by atoms with Crippen molar-refractivity contribution < 1.29 is 4.79 Å². The molecule has 1 aliphatic heterocycles. The van der Waals surface area contributed by atoms with Crippen LogP contribution < -0.4 is 4.90 Å². The Morgan fingerprint density at radius 1 is 1.21 bits per heavy atom. The van der Waals surface area contributed by atoms with Crippen LogP contribution in [-0.4, -0.2) is 12.5 Å². The summed E-state index contributed by atoms with van der Waals surface area (Å²) in [5.41, 5.74) is 2.76. The molecule has 0 bridgehead atoms. The zero-order chi connectivity index (χ0) is 13.6. The maximum absolute atomic E-state index is 12.7. The van der Waals surface area contributed by atoms with Crippen LogP contribution in [0.1, 0.15) is 38.7 Å². The maximum Gasteiger partial charge on any atom is 0.230 e. The number of aryl methyl sites for hydroxylation is 1. The molecule has 1 atom stereocenters. The summed E-state index contributed by atoms with van der Waals surface area (Å²) in [5, 5.41) is 0. The smallest absolute Gasteiger partial charge is 0.230 e. The summed E-state index contributed by atoms with van der Waals surface area (Å²) in [7, 11) is 0. The molecule has 0 radical (unpaired) electrons. The molecule has 1 spiro atoms. The van der Waals surface area contributed by atoms with Gasteiger partial charge in [-0.05, 0) is 49.7 Å². The third-order valence-electron chi connectivity index (χ3n) is 4.84. The van der Waals surface area contributed by atoms with Gasteiger partial charge in [0.05, 0.1) is 0 Å². The van der Waals surface area contributed by atoms with Crippen molar-refractivity contribution in [3.63, 3.8) is 0 Å². The number of rotatable bonds is 2. The number of carbonyl (C=O) groups excluding carboxylic acids is 1. The van der Waals surface area contributed by atoms with Gasteiger partial charge in [-0.15, -0.1) is 0 Å². The first-order valence-corrected chi connectivity index (χ1v) is 7.39. The molecule has 0 N–H and O–H groups in total. The minimum atomic E-state index is 0.206. The minimum Gasteiger partial charge on any atom is -0.312 e. The van der Waals surface area contributed by atoms with Gasteiger partial charge < -0.3 is 4.90 Å². The van der Waals surface area contributed by atoms with Crippen molar-refractivity contribution in [2.45, 2.75) is 40.0 Å². The van der Waals surface area contributed by atoms with E-state index in [4.69, 9.17) is 0 Å². The van der Waals surface area contributed by atoms with Crippen LogP contribution in [0.4, 0.5) is 5.69 Å². The Morgan fingerprint density at radius 2 is 1.84 bits per heavy atom. The molecule has 1 heterocycles. The van der Waals surface area contributed by atoms with Crippen molar-refractivity contribution in [3.05, 3.63) is 29.8 Å². The van der Waals surface area contributed by atoms with E-state index in [2.05, 4.69) is 45.0 Å². The van der Waals surface area contributed by atoms with Gasteiger partial charge in [-0.1, -0.05) is 31.5 Å². The fourth-order valence-electron chi connectivity index (χ4n) is 3.23. The van der Waals surface area contributed by atoms with E-state index in [-0.39, 0.29) is 5.92 Å². The third kappa shape index (κ3) is 2.29. The lowest BCUT2D eigenvalue weighted by Gasteiger charge is -2.39. The molecule has 2 aliphatic rings. The molecule has 102 valence electrons. The average molecular weight is 257 g/mol. The van der Waals surface area contributed by atoms with Crippen molar-refractivity contribution in [2.24, 2.45) is 17.3 Å². The topological polar surface area (TPSA) is 20.3 Å². The molecule has 1 aromatic rings. The predicted molar refractivity (Wildman–Crippen MR) is 78.1 cm³/mol. The normalized spacial score (nSPS) is 25.2. The predicted octanol–water partition coefficient (Wildman–Crippen LogP) is 3.78. The molecule has 2 heteroatoms. The van der Waals surface area contributed by atoms with Crippen LogP contribution in [0.3, 0.4) is 0 Å². The highest BCUT2D eigenvalue weighted by Gasteiger charge is 2.52. The van der Waals surface area contributed by atoms with Crippen LogP contribution in [-0.2, 0) is 4.79 Å². The zero-order valence-electron chi connectivity index (χ0n) is 12.1. The van der Waals surface area contributed by atoms with E-state index in [0.717, 1.165) is 18.7 Å². The minimum absolute atomic E-state index is 0.206. The molecule has 0 aromatic heterocycles. The van der Waals surface area contributed by atoms with E-state index in [9.17, 15) is 4.79 Å². The van der Waals surface area contributed by atoms with Crippen molar-refractivity contribution in [1.29, 1.82) is 0 Å². The van der Waals surface area contributed by atoms with Gasteiger partial charge in [-0.3, -0.25) is 4.79 Å². The number of hydrogen-bond donors (Lipinski definition) is 0. The van der Waals surface area contributed by atoms with E-state index in [1.807, 2.05) is 4.90 Å². The molecule has 19 heavy (non-hydrogen) atoms. The number of benzene rings is 1. The molecule has 1 saturated heterocycles. The summed E-state index contributed by atoms with van der Waals surface area (Å²) < 4.78 is 0. The summed E-state index contributed by atoms with van der Waals surface area (Å²) in [5.74, 6) is 0.979. The van der Waals surface area contributed by atoms with Gasteiger partial charge in [0.1, 0.15) is 0 Å². The standard InChI is InChI=1S/C17H23NO/c1-12(2)15-10-17(8-9-17)11-18(16(15)19)14-6-4-13(3)5-7-14/h4-7,12,15H,8-11H2,1-3H3. The molecule has 2 nitrogen and oxygen atoms in total. The Labute approximate surface area is 115 Å². The van der Waals surface area contributed by atoms with E-state index in [0.29, 0.717) is 17.2 Å². The first-order chi connectivity index (χ1) is 9.01. The SMILES string of the molecule is Cc1ccc(N2CC3(CC3)CC(C(C)C)C2=O)cc1. The second-order valence-corrected chi connectivity index (χ2v) is 6.81. The van der Waals surface area contributed by atoms with Gasteiger partial charge in [0.15, 0.2) is 0 Å². The first-order valence-electron chi connectivity index (χ1n) is 7.39.